The third-order valence-electron chi connectivity index (χ3n) is 12.5. The molecule has 6 rings (SSSR count). The predicted molar refractivity (Wildman–Crippen MR) is 125 cm³/mol. The summed E-state index contributed by atoms with van der Waals surface area (Å²) in [6, 6.07) is 0. The monoisotopic (exact) mass is 474 g/mol. The Bertz CT molecular complexity index is 919. The van der Waals surface area contributed by atoms with Crippen LogP contribution in [-0.4, -0.2) is 51.5 Å². The van der Waals surface area contributed by atoms with Crippen molar-refractivity contribution in [3.05, 3.63) is 0 Å². The molecule has 0 bridgehead atoms. The molecular weight excluding hydrogens is 432 g/mol. The lowest BCUT2D eigenvalue weighted by molar-refractivity contribution is -0.192. The quantitative estimate of drug-likeness (QED) is 0.468. The van der Waals surface area contributed by atoms with Crippen LogP contribution in [-0.2, 0) is 19.1 Å². The molecule has 2 aliphatic heterocycles. The number of ether oxygens (including phenoxy) is 2. The van der Waals surface area contributed by atoms with Gasteiger partial charge in [-0.15, -0.1) is 0 Å². The van der Waals surface area contributed by atoms with Gasteiger partial charge in [0, 0.05) is 18.3 Å². The molecule has 2 saturated heterocycles. The highest BCUT2D eigenvalue weighted by atomic mass is 16.7. The van der Waals surface area contributed by atoms with Crippen molar-refractivity contribution in [2.75, 3.05) is 0 Å². The van der Waals surface area contributed by atoms with Gasteiger partial charge in [-0.1, -0.05) is 20.8 Å². The molecular formula is C28H42O6. The van der Waals surface area contributed by atoms with Crippen molar-refractivity contribution in [3.8, 4) is 0 Å². The summed E-state index contributed by atoms with van der Waals surface area (Å²) in [5.41, 5.74) is -1.66. The Labute approximate surface area is 203 Å². The fourth-order valence-corrected chi connectivity index (χ4v) is 10.1. The van der Waals surface area contributed by atoms with Crippen LogP contribution in [0.15, 0.2) is 0 Å². The fourth-order valence-electron chi connectivity index (χ4n) is 10.1. The number of carbonyl (C=O) groups is 2. The Hall–Kier alpha value is -0.980. The van der Waals surface area contributed by atoms with E-state index < -0.39 is 28.8 Å². The first-order chi connectivity index (χ1) is 15.9. The largest absolute Gasteiger partial charge is 0.460 e. The van der Waals surface area contributed by atoms with E-state index in [2.05, 4.69) is 20.8 Å². The number of fused-ring (bicyclic) bond motifs is 6. The zero-order chi connectivity index (χ0) is 24.4. The van der Waals surface area contributed by atoms with Crippen molar-refractivity contribution in [3.63, 3.8) is 0 Å². The van der Waals surface area contributed by atoms with Crippen LogP contribution in [0.3, 0.4) is 0 Å². The molecule has 0 unspecified atom stereocenters. The maximum atomic E-state index is 13.3. The van der Waals surface area contributed by atoms with Gasteiger partial charge in [0.2, 0.25) is 0 Å². The van der Waals surface area contributed by atoms with Gasteiger partial charge < -0.3 is 19.7 Å². The zero-order valence-electron chi connectivity index (χ0n) is 21.4. The molecule has 0 spiro atoms. The van der Waals surface area contributed by atoms with Crippen LogP contribution < -0.4 is 0 Å². The van der Waals surface area contributed by atoms with E-state index in [9.17, 15) is 19.8 Å². The van der Waals surface area contributed by atoms with Crippen molar-refractivity contribution < 1.29 is 29.3 Å². The van der Waals surface area contributed by atoms with Crippen molar-refractivity contribution in [2.24, 2.45) is 46.3 Å². The lowest BCUT2D eigenvalue weighted by atomic mass is 9.43. The number of aliphatic hydroxyl groups excluding tert-OH is 2. The van der Waals surface area contributed by atoms with Crippen LogP contribution in [0, 0.1) is 46.3 Å². The van der Waals surface area contributed by atoms with E-state index in [-0.39, 0.29) is 41.2 Å². The van der Waals surface area contributed by atoms with Gasteiger partial charge >= 0.3 is 5.97 Å². The number of Topliss-reactive ketones (excluding diaryl/α,β-unsaturated/α-hetero) is 1. The maximum Gasteiger partial charge on any atom is 0.341 e. The average molecular weight is 475 g/mol. The standard InChI is InChI=1S/C28H42O6/c1-14(21-13-26(3)28(5,34-26)24(32)33-21)15-6-7-16-23-17(10-11-25(15,16)2)27(4)18(12-20(23)30)19(29)8-9-22(27)31/h14-21,23,29-30H,6-13H2,1-5H3/t14-,15+,16-,17-,18+,19+,20+,21+,23-,25+,26-,27+,28+/m0/s1. The molecule has 2 N–H and O–H groups in total. The van der Waals surface area contributed by atoms with Crippen molar-refractivity contribution in [1.82, 2.24) is 0 Å². The smallest absolute Gasteiger partial charge is 0.341 e. The third kappa shape index (κ3) is 2.74. The van der Waals surface area contributed by atoms with Crippen molar-refractivity contribution in [1.29, 1.82) is 0 Å². The molecule has 2 heterocycles. The molecule has 4 saturated carbocycles. The van der Waals surface area contributed by atoms with Crippen LogP contribution in [0.2, 0.25) is 0 Å². The van der Waals surface area contributed by atoms with Crippen LogP contribution in [0.1, 0.15) is 86.0 Å². The second-order valence-electron chi connectivity index (χ2n) is 13.6. The second-order valence-corrected chi connectivity index (χ2v) is 13.6. The molecule has 6 nitrogen and oxygen atoms in total. The van der Waals surface area contributed by atoms with Gasteiger partial charge in [0.1, 0.15) is 17.5 Å². The number of hydrogen-bond acceptors (Lipinski definition) is 6. The summed E-state index contributed by atoms with van der Waals surface area (Å²) in [6.45, 7) is 10.6. The van der Waals surface area contributed by atoms with E-state index in [0.29, 0.717) is 36.9 Å². The van der Waals surface area contributed by atoms with Crippen LogP contribution in [0.4, 0.5) is 0 Å². The topological polar surface area (TPSA) is 96.4 Å². The van der Waals surface area contributed by atoms with Gasteiger partial charge in [-0.05, 0) is 93.3 Å². The van der Waals surface area contributed by atoms with Crippen molar-refractivity contribution >= 4 is 11.8 Å². The first-order valence-corrected chi connectivity index (χ1v) is 13.7. The summed E-state index contributed by atoms with van der Waals surface area (Å²) in [6.07, 6.45) is 5.25. The first kappa shape index (κ1) is 23.4. The summed E-state index contributed by atoms with van der Waals surface area (Å²) in [7, 11) is 0. The number of hydrogen-bond donors (Lipinski definition) is 2. The van der Waals surface area contributed by atoms with Crippen LogP contribution >= 0.6 is 0 Å². The summed E-state index contributed by atoms with van der Waals surface area (Å²) in [4.78, 5) is 26.0. The van der Waals surface area contributed by atoms with Gasteiger partial charge in [0.15, 0.2) is 5.60 Å². The Morgan fingerprint density at radius 1 is 0.941 bits per heavy atom. The Kier molecular flexibility index (Phi) is 4.87. The molecule has 0 aromatic rings. The van der Waals surface area contributed by atoms with Gasteiger partial charge in [-0.3, -0.25) is 4.79 Å². The minimum Gasteiger partial charge on any atom is -0.460 e. The van der Waals surface area contributed by atoms with Crippen LogP contribution in [0.5, 0.6) is 0 Å². The highest BCUT2D eigenvalue weighted by molar-refractivity contribution is 5.86. The summed E-state index contributed by atoms with van der Waals surface area (Å²) in [5, 5.41) is 22.2. The highest BCUT2D eigenvalue weighted by Gasteiger charge is 2.74. The molecule has 0 aromatic heterocycles. The number of epoxide rings is 1. The van der Waals surface area contributed by atoms with E-state index in [4.69, 9.17) is 9.47 Å². The molecule has 0 aromatic carbocycles. The number of rotatable bonds is 2. The maximum absolute atomic E-state index is 13.3. The highest BCUT2D eigenvalue weighted by Crippen LogP contribution is 2.68. The second kappa shape index (κ2) is 7.07. The zero-order valence-corrected chi connectivity index (χ0v) is 21.4. The Morgan fingerprint density at radius 3 is 2.38 bits per heavy atom. The SMILES string of the molecule is C[C@@H]([C@H]1CC[C@H]2[C@@H]3[C@H](O)C[C@@H]4[C@H](O)CCC(=O)[C@]4(C)[C@H]3CC[C@]12C)[C@H]1C[C@]2(C)O[C@]2(C)C(=O)O1. The molecule has 34 heavy (non-hydrogen) atoms. The molecule has 0 radical (unpaired) electrons. The lowest BCUT2D eigenvalue weighted by Gasteiger charge is -2.62. The molecule has 0 amide bonds. The lowest BCUT2D eigenvalue weighted by Crippen LogP contribution is -2.63. The van der Waals surface area contributed by atoms with Gasteiger partial charge in [-0.25, -0.2) is 4.79 Å². The van der Waals surface area contributed by atoms with Crippen LogP contribution in [0.25, 0.3) is 0 Å². The Balaban J connectivity index is 1.27. The summed E-state index contributed by atoms with van der Waals surface area (Å²) < 4.78 is 11.8. The third-order valence-corrected chi connectivity index (χ3v) is 12.5. The number of ketones is 1. The molecule has 4 aliphatic carbocycles. The van der Waals surface area contributed by atoms with Crippen molar-refractivity contribution in [2.45, 2.75) is 115 Å². The van der Waals surface area contributed by atoms with E-state index in [1.807, 2.05) is 13.8 Å². The number of carbonyl (C=O) groups excluding carboxylic acids is 2. The number of cyclic esters (lactones) is 1. The first-order valence-electron chi connectivity index (χ1n) is 13.7. The Morgan fingerprint density at radius 2 is 1.68 bits per heavy atom. The van der Waals surface area contributed by atoms with E-state index >= 15 is 0 Å². The molecule has 6 aliphatic rings. The van der Waals surface area contributed by atoms with E-state index in [1.165, 1.54) is 0 Å². The number of esters is 1. The van der Waals surface area contributed by atoms with E-state index in [0.717, 1.165) is 32.1 Å². The van der Waals surface area contributed by atoms with Gasteiger partial charge in [0.25, 0.3) is 0 Å². The molecule has 190 valence electrons. The minimum atomic E-state index is -0.779. The van der Waals surface area contributed by atoms with Gasteiger partial charge in [0.05, 0.1) is 12.2 Å². The summed E-state index contributed by atoms with van der Waals surface area (Å²) >= 11 is 0. The normalized spacial score (nSPS) is 59.3. The fraction of sp³-hybridized carbons (Fsp3) is 0.929. The van der Waals surface area contributed by atoms with E-state index in [1.54, 1.807) is 0 Å². The molecule has 6 heteroatoms. The molecule has 13 atom stereocenters. The number of aliphatic hydroxyl groups is 2. The molecule has 6 fully saturated rings. The minimum absolute atomic E-state index is 0.0551. The van der Waals surface area contributed by atoms with Gasteiger partial charge in [-0.2, -0.15) is 0 Å². The average Bonchev–Trinajstić information content (AvgIpc) is 3.19. The summed E-state index contributed by atoms with van der Waals surface area (Å²) in [5.74, 6) is 1.19. The predicted octanol–water partition coefficient (Wildman–Crippen LogP) is 3.66.